The molecule has 0 aliphatic heterocycles. The molecule has 0 fully saturated rings. The van der Waals surface area contributed by atoms with Crippen molar-refractivity contribution in [3.8, 4) is 6.07 Å². The SMILES string of the molecule is CCOC(=O)c1ccc(S(=O)(=O)Nc2ccc(Cl)c(C#N)c2)c(Br)c1. The van der Waals surface area contributed by atoms with Crippen molar-refractivity contribution < 1.29 is 17.9 Å². The molecule has 0 spiro atoms. The minimum atomic E-state index is -3.94. The number of sulfonamides is 1. The van der Waals surface area contributed by atoms with Gasteiger partial charge in [-0.05, 0) is 59.3 Å². The Hall–Kier alpha value is -2.08. The average molecular weight is 444 g/mol. The van der Waals surface area contributed by atoms with E-state index in [1.54, 1.807) is 6.92 Å². The van der Waals surface area contributed by atoms with Crippen LogP contribution in [-0.4, -0.2) is 21.0 Å². The van der Waals surface area contributed by atoms with Crippen LogP contribution in [0.3, 0.4) is 0 Å². The second-order valence-corrected chi connectivity index (χ2v) is 7.69. The number of hydrogen-bond donors (Lipinski definition) is 1. The summed E-state index contributed by atoms with van der Waals surface area (Å²) < 4.78 is 32.5. The lowest BCUT2D eigenvalue weighted by Crippen LogP contribution is -2.14. The number of nitrogens with zero attached hydrogens (tertiary/aromatic N) is 1. The molecule has 6 nitrogen and oxygen atoms in total. The van der Waals surface area contributed by atoms with Crippen LogP contribution in [0.15, 0.2) is 45.8 Å². The average Bonchev–Trinajstić information content (AvgIpc) is 2.56. The zero-order valence-corrected chi connectivity index (χ0v) is 16.1. The second kappa shape index (κ2) is 7.87. The molecule has 25 heavy (non-hydrogen) atoms. The molecule has 0 amide bonds. The standard InChI is InChI=1S/C16H12BrClN2O4S/c1-2-24-16(21)10-3-6-15(13(17)8-10)25(22,23)20-12-4-5-14(18)11(7-12)9-19/h3-8,20H,2H2,1H3. The van der Waals surface area contributed by atoms with Crippen LogP contribution < -0.4 is 4.72 Å². The first-order valence-corrected chi connectivity index (χ1v) is 9.63. The summed E-state index contributed by atoms with van der Waals surface area (Å²) in [5.41, 5.74) is 0.576. The third-order valence-electron chi connectivity index (χ3n) is 3.07. The Labute approximate surface area is 158 Å². The van der Waals surface area contributed by atoms with E-state index in [4.69, 9.17) is 21.6 Å². The van der Waals surface area contributed by atoms with Crippen molar-refractivity contribution in [1.82, 2.24) is 0 Å². The van der Waals surface area contributed by atoms with Gasteiger partial charge in [0.2, 0.25) is 0 Å². The first-order chi connectivity index (χ1) is 11.8. The van der Waals surface area contributed by atoms with Gasteiger partial charge in [0.05, 0.1) is 28.4 Å². The van der Waals surface area contributed by atoms with Gasteiger partial charge in [0.25, 0.3) is 10.0 Å². The number of carbonyl (C=O) groups is 1. The number of nitriles is 1. The molecular weight excluding hydrogens is 432 g/mol. The van der Waals surface area contributed by atoms with E-state index in [1.165, 1.54) is 36.4 Å². The van der Waals surface area contributed by atoms with Crippen molar-refractivity contribution >= 4 is 49.2 Å². The van der Waals surface area contributed by atoms with E-state index in [2.05, 4.69) is 20.7 Å². The van der Waals surface area contributed by atoms with Gasteiger partial charge in [0.1, 0.15) is 11.0 Å². The second-order valence-electron chi connectivity index (χ2n) is 4.78. The summed E-state index contributed by atoms with van der Waals surface area (Å²) in [6, 6.07) is 10.1. The molecule has 0 atom stereocenters. The summed E-state index contributed by atoms with van der Waals surface area (Å²) in [5, 5.41) is 9.19. The highest BCUT2D eigenvalue weighted by atomic mass is 79.9. The third-order valence-corrected chi connectivity index (χ3v) is 5.76. The number of hydrogen-bond acceptors (Lipinski definition) is 5. The van der Waals surface area contributed by atoms with Crippen LogP contribution >= 0.6 is 27.5 Å². The maximum Gasteiger partial charge on any atom is 0.338 e. The van der Waals surface area contributed by atoms with E-state index in [1.807, 2.05) is 6.07 Å². The van der Waals surface area contributed by atoms with Gasteiger partial charge in [-0.15, -0.1) is 0 Å². The molecule has 0 bridgehead atoms. The van der Waals surface area contributed by atoms with Crippen molar-refractivity contribution in [2.75, 3.05) is 11.3 Å². The Bertz CT molecular complexity index is 971. The van der Waals surface area contributed by atoms with Crippen LogP contribution in [0.25, 0.3) is 0 Å². The first kappa shape index (κ1) is 19.2. The fourth-order valence-electron chi connectivity index (χ4n) is 1.94. The van der Waals surface area contributed by atoms with Gasteiger partial charge in [0.15, 0.2) is 0 Å². The van der Waals surface area contributed by atoms with Crippen LogP contribution in [-0.2, 0) is 14.8 Å². The molecule has 0 heterocycles. The maximum atomic E-state index is 12.5. The van der Waals surface area contributed by atoms with Gasteiger partial charge < -0.3 is 4.74 Å². The fraction of sp³-hybridized carbons (Fsp3) is 0.125. The predicted octanol–water partition coefficient (Wildman–Crippen LogP) is 3.95. The molecule has 2 aromatic carbocycles. The molecule has 0 aliphatic rings. The number of nitrogens with one attached hydrogen (secondary N) is 1. The molecule has 1 N–H and O–H groups in total. The monoisotopic (exact) mass is 442 g/mol. The van der Waals surface area contributed by atoms with E-state index >= 15 is 0 Å². The van der Waals surface area contributed by atoms with Crippen LogP contribution in [0.2, 0.25) is 5.02 Å². The lowest BCUT2D eigenvalue weighted by Gasteiger charge is -2.11. The van der Waals surface area contributed by atoms with E-state index in [-0.39, 0.29) is 37.8 Å². The Morgan fingerprint density at radius 2 is 2.04 bits per heavy atom. The van der Waals surface area contributed by atoms with Crippen molar-refractivity contribution in [3.63, 3.8) is 0 Å². The summed E-state index contributed by atoms with van der Waals surface area (Å²) in [7, 11) is -3.94. The van der Waals surface area contributed by atoms with E-state index < -0.39 is 16.0 Å². The highest BCUT2D eigenvalue weighted by Crippen LogP contribution is 2.27. The summed E-state index contributed by atoms with van der Waals surface area (Å²) in [6.07, 6.45) is 0. The summed E-state index contributed by atoms with van der Waals surface area (Å²) in [4.78, 5) is 11.6. The smallest absolute Gasteiger partial charge is 0.338 e. The van der Waals surface area contributed by atoms with Crippen LogP contribution in [0.4, 0.5) is 5.69 Å². The normalized spacial score (nSPS) is 10.8. The first-order valence-electron chi connectivity index (χ1n) is 6.97. The highest BCUT2D eigenvalue weighted by molar-refractivity contribution is 9.10. The lowest BCUT2D eigenvalue weighted by molar-refractivity contribution is 0.0526. The van der Waals surface area contributed by atoms with Crippen LogP contribution in [0.5, 0.6) is 0 Å². The van der Waals surface area contributed by atoms with Crippen molar-refractivity contribution in [1.29, 1.82) is 5.26 Å². The van der Waals surface area contributed by atoms with Gasteiger partial charge in [0, 0.05) is 4.47 Å². The molecule has 0 aliphatic carbocycles. The number of anilines is 1. The zero-order chi connectivity index (χ0) is 18.6. The highest BCUT2D eigenvalue weighted by Gasteiger charge is 2.20. The molecule has 2 rings (SSSR count). The quantitative estimate of drug-likeness (QED) is 0.706. The topological polar surface area (TPSA) is 96.3 Å². The minimum Gasteiger partial charge on any atom is -0.462 e. The summed E-state index contributed by atoms with van der Waals surface area (Å²) >= 11 is 8.99. The summed E-state index contributed by atoms with van der Waals surface area (Å²) in [5.74, 6) is -0.545. The molecule has 130 valence electrons. The molecule has 0 saturated carbocycles. The maximum absolute atomic E-state index is 12.5. The van der Waals surface area contributed by atoms with Crippen molar-refractivity contribution in [2.24, 2.45) is 0 Å². The van der Waals surface area contributed by atoms with Gasteiger partial charge in [-0.25, -0.2) is 13.2 Å². The van der Waals surface area contributed by atoms with Gasteiger partial charge in [-0.1, -0.05) is 11.6 Å². The van der Waals surface area contributed by atoms with E-state index in [9.17, 15) is 13.2 Å². The van der Waals surface area contributed by atoms with Crippen molar-refractivity contribution in [3.05, 3.63) is 57.0 Å². The van der Waals surface area contributed by atoms with Gasteiger partial charge in [-0.2, -0.15) is 5.26 Å². The van der Waals surface area contributed by atoms with E-state index in [0.717, 1.165) is 0 Å². The minimum absolute atomic E-state index is 0.0611. The van der Waals surface area contributed by atoms with Gasteiger partial charge in [-0.3, -0.25) is 4.72 Å². The molecule has 2 aromatic rings. The number of carbonyl (C=O) groups excluding carboxylic acids is 1. The number of halogens is 2. The van der Waals surface area contributed by atoms with Gasteiger partial charge >= 0.3 is 5.97 Å². The Kier molecular flexibility index (Phi) is 6.06. The largest absolute Gasteiger partial charge is 0.462 e. The van der Waals surface area contributed by atoms with Crippen LogP contribution in [0.1, 0.15) is 22.8 Å². The molecule has 9 heteroatoms. The molecule has 0 aromatic heterocycles. The Morgan fingerprint density at radius 3 is 2.64 bits per heavy atom. The molecule has 0 saturated heterocycles. The molecule has 0 radical (unpaired) electrons. The van der Waals surface area contributed by atoms with Crippen molar-refractivity contribution in [2.45, 2.75) is 11.8 Å². The number of benzene rings is 2. The Balaban J connectivity index is 2.34. The predicted molar refractivity (Wildman–Crippen MR) is 97.1 cm³/mol. The van der Waals surface area contributed by atoms with Crippen LogP contribution in [0, 0.1) is 11.3 Å². The number of rotatable bonds is 5. The molecule has 0 unspecified atom stereocenters. The zero-order valence-electron chi connectivity index (χ0n) is 12.9. The fourth-order valence-corrected chi connectivity index (χ4v) is 4.23. The lowest BCUT2D eigenvalue weighted by atomic mass is 10.2. The van der Waals surface area contributed by atoms with E-state index in [0.29, 0.717) is 0 Å². The molecular formula is C16H12BrClN2O4S. The number of ether oxygens (including phenoxy) is 1. The Morgan fingerprint density at radius 1 is 1.32 bits per heavy atom. The summed E-state index contributed by atoms with van der Waals surface area (Å²) in [6.45, 7) is 1.90. The third kappa shape index (κ3) is 4.51. The number of esters is 1.